The number of hydrogen-bond acceptors (Lipinski definition) is 2. The highest BCUT2D eigenvalue weighted by atomic mass is 35.5. The van der Waals surface area contributed by atoms with Crippen LogP contribution >= 0.6 is 11.6 Å². The number of piperidine rings is 1. The van der Waals surface area contributed by atoms with Crippen molar-refractivity contribution in [1.29, 1.82) is 0 Å². The molecular weight excluding hydrogens is 266 g/mol. The molecule has 1 fully saturated rings. The minimum atomic E-state index is -0.834. The molecule has 0 saturated carbocycles. The van der Waals surface area contributed by atoms with E-state index in [1.165, 1.54) is 0 Å². The van der Waals surface area contributed by atoms with Gasteiger partial charge in [-0.15, -0.1) is 0 Å². The Morgan fingerprint density at radius 1 is 1.37 bits per heavy atom. The van der Waals surface area contributed by atoms with E-state index in [1.54, 1.807) is 23.1 Å². The van der Waals surface area contributed by atoms with Crippen LogP contribution in [0.25, 0.3) is 0 Å². The molecule has 0 spiro atoms. The summed E-state index contributed by atoms with van der Waals surface area (Å²) in [4.78, 5) is 25.0. The van der Waals surface area contributed by atoms with Gasteiger partial charge in [-0.25, -0.2) is 0 Å². The van der Waals surface area contributed by atoms with Crippen molar-refractivity contribution in [3.63, 3.8) is 0 Å². The van der Waals surface area contributed by atoms with E-state index in [-0.39, 0.29) is 12.5 Å². The van der Waals surface area contributed by atoms with Crippen LogP contribution in [0.1, 0.15) is 28.8 Å². The van der Waals surface area contributed by atoms with Crippen LogP contribution in [-0.2, 0) is 4.79 Å². The van der Waals surface area contributed by atoms with Gasteiger partial charge in [0.15, 0.2) is 0 Å². The number of carboxylic acid groups (broad SMARTS) is 1. The zero-order valence-corrected chi connectivity index (χ0v) is 11.5. The fourth-order valence-electron chi connectivity index (χ4n) is 2.41. The minimum absolute atomic E-state index is 0.142. The molecule has 0 bridgehead atoms. The van der Waals surface area contributed by atoms with E-state index < -0.39 is 11.9 Å². The third-order valence-corrected chi connectivity index (χ3v) is 3.57. The first kappa shape index (κ1) is 13.9. The number of rotatable bonds is 2. The van der Waals surface area contributed by atoms with Gasteiger partial charge in [0.1, 0.15) is 0 Å². The molecule has 1 N–H and O–H groups in total. The van der Waals surface area contributed by atoms with E-state index in [1.807, 2.05) is 6.92 Å². The number of halogens is 1. The molecule has 1 saturated heterocycles. The highest BCUT2D eigenvalue weighted by molar-refractivity contribution is 6.31. The maximum absolute atomic E-state index is 12.3. The van der Waals surface area contributed by atoms with Crippen molar-refractivity contribution in [2.24, 2.45) is 5.92 Å². The number of carbonyl (C=O) groups excluding carboxylic acids is 1. The largest absolute Gasteiger partial charge is 0.481 e. The molecule has 0 radical (unpaired) electrons. The van der Waals surface area contributed by atoms with Crippen LogP contribution in [0.3, 0.4) is 0 Å². The normalized spacial score (nSPS) is 19.3. The van der Waals surface area contributed by atoms with E-state index in [9.17, 15) is 9.59 Å². The number of carboxylic acids is 1. The second kappa shape index (κ2) is 5.61. The predicted octanol–water partition coefficient (Wildman–Crippen LogP) is 2.59. The van der Waals surface area contributed by atoms with Crippen LogP contribution in [-0.4, -0.2) is 35.0 Å². The first-order valence-electron chi connectivity index (χ1n) is 6.26. The first-order valence-corrected chi connectivity index (χ1v) is 6.64. The molecule has 2 rings (SSSR count). The minimum Gasteiger partial charge on any atom is -0.481 e. The zero-order chi connectivity index (χ0) is 14.0. The van der Waals surface area contributed by atoms with Crippen molar-refractivity contribution in [3.05, 3.63) is 34.3 Å². The maximum Gasteiger partial charge on any atom is 0.308 e. The van der Waals surface area contributed by atoms with E-state index in [0.717, 1.165) is 12.0 Å². The van der Waals surface area contributed by atoms with Gasteiger partial charge in [-0.2, -0.15) is 0 Å². The number of carbonyl (C=O) groups is 2. The lowest BCUT2D eigenvalue weighted by atomic mass is 9.97. The molecule has 0 unspecified atom stereocenters. The number of nitrogens with zero attached hydrogens (tertiary/aromatic N) is 1. The highest BCUT2D eigenvalue weighted by Gasteiger charge is 2.28. The quantitative estimate of drug-likeness (QED) is 0.906. The molecule has 0 aliphatic carbocycles. The number of likely N-dealkylation sites (tertiary alicyclic amines) is 1. The smallest absolute Gasteiger partial charge is 0.308 e. The van der Waals surface area contributed by atoms with Crippen LogP contribution in [0, 0.1) is 12.8 Å². The fraction of sp³-hybridized carbons (Fsp3) is 0.429. The Morgan fingerprint density at radius 3 is 2.74 bits per heavy atom. The van der Waals surface area contributed by atoms with E-state index >= 15 is 0 Å². The lowest BCUT2D eigenvalue weighted by molar-refractivity contribution is -0.143. The predicted molar refractivity (Wildman–Crippen MR) is 72.5 cm³/mol. The Hall–Kier alpha value is -1.55. The summed E-state index contributed by atoms with van der Waals surface area (Å²) in [5.74, 6) is -1.44. The average molecular weight is 282 g/mol. The second-order valence-electron chi connectivity index (χ2n) is 4.95. The summed E-state index contributed by atoms with van der Waals surface area (Å²) in [5.41, 5.74) is 1.44. The van der Waals surface area contributed by atoms with Gasteiger partial charge in [-0.05, 0) is 43.5 Å². The lowest BCUT2D eigenvalue weighted by Gasteiger charge is -2.30. The van der Waals surface area contributed by atoms with Crippen molar-refractivity contribution in [3.8, 4) is 0 Å². The van der Waals surface area contributed by atoms with Crippen molar-refractivity contribution >= 4 is 23.5 Å². The van der Waals surface area contributed by atoms with E-state index in [2.05, 4.69) is 0 Å². The molecular formula is C14H16ClNO3. The Bertz CT molecular complexity index is 495. The van der Waals surface area contributed by atoms with E-state index in [4.69, 9.17) is 16.7 Å². The zero-order valence-electron chi connectivity index (χ0n) is 10.7. The molecule has 1 heterocycles. The number of benzene rings is 1. The highest BCUT2D eigenvalue weighted by Crippen LogP contribution is 2.21. The summed E-state index contributed by atoms with van der Waals surface area (Å²) in [7, 11) is 0. The van der Waals surface area contributed by atoms with E-state index in [0.29, 0.717) is 23.6 Å². The number of aliphatic carboxylic acids is 1. The van der Waals surface area contributed by atoms with Crippen LogP contribution in [0.5, 0.6) is 0 Å². The molecule has 1 aromatic rings. The van der Waals surface area contributed by atoms with Crippen molar-refractivity contribution in [2.75, 3.05) is 13.1 Å². The van der Waals surface area contributed by atoms with Gasteiger partial charge in [0.2, 0.25) is 0 Å². The molecule has 1 aromatic carbocycles. The van der Waals surface area contributed by atoms with Crippen molar-refractivity contribution < 1.29 is 14.7 Å². The van der Waals surface area contributed by atoms with Crippen molar-refractivity contribution in [2.45, 2.75) is 19.8 Å². The SMILES string of the molecule is Cc1cc(Cl)cc(C(=O)N2CCC[C@@H](C(=O)O)C2)c1. The Balaban J connectivity index is 2.16. The third kappa shape index (κ3) is 3.26. The van der Waals surface area contributed by atoms with Crippen molar-refractivity contribution in [1.82, 2.24) is 4.90 Å². The first-order chi connectivity index (χ1) is 8.97. The van der Waals surface area contributed by atoms with Gasteiger partial charge >= 0.3 is 5.97 Å². The van der Waals surface area contributed by atoms with Gasteiger partial charge < -0.3 is 10.0 Å². The molecule has 1 atom stereocenters. The Labute approximate surface area is 117 Å². The van der Waals surface area contributed by atoms with Gasteiger partial charge in [0.05, 0.1) is 5.92 Å². The summed E-state index contributed by atoms with van der Waals surface area (Å²) in [6, 6.07) is 5.19. The van der Waals surface area contributed by atoms with Gasteiger partial charge in [0, 0.05) is 23.7 Å². The van der Waals surface area contributed by atoms with Crippen LogP contribution in [0.4, 0.5) is 0 Å². The Morgan fingerprint density at radius 2 is 2.11 bits per heavy atom. The fourth-order valence-corrected chi connectivity index (χ4v) is 2.70. The van der Waals surface area contributed by atoms with Gasteiger partial charge in [-0.3, -0.25) is 9.59 Å². The summed E-state index contributed by atoms with van der Waals surface area (Å²) in [5, 5.41) is 9.56. The monoisotopic (exact) mass is 281 g/mol. The molecule has 0 aromatic heterocycles. The van der Waals surface area contributed by atoms with Crippen LogP contribution < -0.4 is 0 Å². The number of amides is 1. The molecule has 4 nitrogen and oxygen atoms in total. The summed E-state index contributed by atoms with van der Waals surface area (Å²) in [6.45, 7) is 2.76. The molecule has 102 valence electrons. The van der Waals surface area contributed by atoms with Gasteiger partial charge in [0.25, 0.3) is 5.91 Å². The summed E-state index contributed by atoms with van der Waals surface area (Å²) >= 11 is 5.95. The maximum atomic E-state index is 12.3. The van der Waals surface area contributed by atoms with Crippen LogP contribution in [0.2, 0.25) is 5.02 Å². The molecule has 1 aliphatic heterocycles. The number of hydrogen-bond donors (Lipinski definition) is 1. The van der Waals surface area contributed by atoms with Crippen LogP contribution in [0.15, 0.2) is 18.2 Å². The third-order valence-electron chi connectivity index (χ3n) is 3.35. The molecule has 1 aliphatic rings. The summed E-state index contributed by atoms with van der Waals surface area (Å²) in [6.07, 6.45) is 1.36. The second-order valence-corrected chi connectivity index (χ2v) is 5.38. The molecule has 1 amide bonds. The Kier molecular flexibility index (Phi) is 4.10. The standard InChI is InChI=1S/C14H16ClNO3/c1-9-5-11(7-12(15)6-9)13(17)16-4-2-3-10(8-16)14(18)19/h5-7,10H,2-4,8H2,1H3,(H,18,19)/t10-/m1/s1. The summed E-state index contributed by atoms with van der Waals surface area (Å²) < 4.78 is 0. The topological polar surface area (TPSA) is 57.6 Å². The lowest BCUT2D eigenvalue weighted by Crippen LogP contribution is -2.42. The van der Waals surface area contributed by atoms with Gasteiger partial charge in [-0.1, -0.05) is 11.6 Å². The average Bonchev–Trinajstić information content (AvgIpc) is 2.37. The molecule has 19 heavy (non-hydrogen) atoms. The molecule has 5 heteroatoms. The number of aryl methyl sites for hydroxylation is 1.